The second-order valence-corrected chi connectivity index (χ2v) is 6.10. The molecule has 0 unspecified atom stereocenters. The number of furan rings is 1. The minimum atomic E-state index is 0.899. The lowest BCUT2D eigenvalue weighted by Gasteiger charge is -2.34. The lowest BCUT2D eigenvalue weighted by molar-refractivity contribution is 0.116. The molecule has 6 heteroatoms. The molecule has 6 nitrogen and oxygen atoms in total. The Kier molecular flexibility index (Phi) is 4.40. The van der Waals surface area contributed by atoms with Gasteiger partial charge in [-0.15, -0.1) is 0 Å². The molecule has 3 aromatic rings. The van der Waals surface area contributed by atoms with Gasteiger partial charge in [-0.25, -0.2) is 9.67 Å². The highest BCUT2D eigenvalue weighted by Gasteiger charge is 2.19. The molecule has 0 amide bonds. The van der Waals surface area contributed by atoms with Gasteiger partial charge in [0.25, 0.3) is 0 Å². The quantitative estimate of drug-likeness (QED) is 0.720. The first-order valence-electron chi connectivity index (χ1n) is 8.28. The van der Waals surface area contributed by atoms with Crippen LogP contribution < -0.4 is 0 Å². The minimum Gasteiger partial charge on any atom is -0.468 e. The van der Waals surface area contributed by atoms with Crippen LogP contribution in [0.1, 0.15) is 11.3 Å². The Morgan fingerprint density at radius 3 is 2.42 bits per heavy atom. The Balaban J connectivity index is 1.38. The lowest BCUT2D eigenvalue weighted by atomic mass is 10.1. The summed E-state index contributed by atoms with van der Waals surface area (Å²) in [6.07, 6.45) is 5.07. The van der Waals surface area contributed by atoms with Crippen molar-refractivity contribution in [2.24, 2.45) is 0 Å². The highest BCUT2D eigenvalue weighted by Crippen LogP contribution is 2.17. The summed E-state index contributed by atoms with van der Waals surface area (Å²) in [5.74, 6) is 1.04. The average molecular weight is 323 g/mol. The third-order valence-corrected chi connectivity index (χ3v) is 4.48. The zero-order valence-corrected chi connectivity index (χ0v) is 13.6. The van der Waals surface area contributed by atoms with Crippen molar-refractivity contribution in [2.45, 2.75) is 13.1 Å². The maximum absolute atomic E-state index is 5.44. The van der Waals surface area contributed by atoms with Crippen molar-refractivity contribution >= 4 is 0 Å². The number of para-hydroxylation sites is 1. The summed E-state index contributed by atoms with van der Waals surface area (Å²) in [5.41, 5.74) is 2.38. The Bertz CT molecular complexity index is 746. The highest BCUT2D eigenvalue weighted by molar-refractivity contribution is 5.39. The van der Waals surface area contributed by atoms with E-state index in [1.165, 1.54) is 5.56 Å². The maximum Gasteiger partial charge on any atom is 0.138 e. The molecular weight excluding hydrogens is 302 g/mol. The molecule has 4 rings (SSSR count). The van der Waals surface area contributed by atoms with Crippen molar-refractivity contribution in [1.82, 2.24) is 24.6 Å². The van der Waals surface area contributed by atoms with Crippen LogP contribution in [0.15, 0.2) is 59.7 Å². The summed E-state index contributed by atoms with van der Waals surface area (Å²) in [7, 11) is 0. The molecule has 0 N–H and O–H groups in total. The predicted octanol–water partition coefficient (Wildman–Crippen LogP) is 2.18. The monoisotopic (exact) mass is 323 g/mol. The lowest BCUT2D eigenvalue weighted by Crippen LogP contribution is -2.45. The first-order valence-corrected chi connectivity index (χ1v) is 8.28. The zero-order chi connectivity index (χ0) is 16.2. The van der Waals surface area contributed by atoms with E-state index in [1.54, 1.807) is 18.9 Å². The second kappa shape index (κ2) is 6.98. The molecule has 24 heavy (non-hydrogen) atoms. The van der Waals surface area contributed by atoms with E-state index in [4.69, 9.17) is 4.42 Å². The molecule has 3 heterocycles. The number of nitrogens with zero attached hydrogens (tertiary/aromatic N) is 5. The summed E-state index contributed by atoms with van der Waals surface area (Å²) in [6, 6.07) is 12.4. The second-order valence-electron chi connectivity index (χ2n) is 6.10. The van der Waals surface area contributed by atoms with Gasteiger partial charge < -0.3 is 4.42 Å². The fourth-order valence-corrected chi connectivity index (χ4v) is 3.17. The van der Waals surface area contributed by atoms with Crippen molar-refractivity contribution in [3.05, 3.63) is 66.6 Å². The smallest absolute Gasteiger partial charge is 0.138 e. The van der Waals surface area contributed by atoms with Crippen LogP contribution in [0.25, 0.3) is 5.69 Å². The standard InChI is InChI=1S/C18H21N5O/c1-2-6-18(23-15-19-14-20-23)16(4-1)12-21-7-9-22(10-8-21)13-17-5-3-11-24-17/h1-6,11,14-15H,7-10,12-13H2. The van der Waals surface area contributed by atoms with Gasteiger partial charge >= 0.3 is 0 Å². The van der Waals surface area contributed by atoms with Crippen LogP contribution in [0.2, 0.25) is 0 Å². The van der Waals surface area contributed by atoms with Crippen LogP contribution >= 0.6 is 0 Å². The molecule has 1 saturated heterocycles. The van der Waals surface area contributed by atoms with Crippen molar-refractivity contribution in [3.8, 4) is 5.69 Å². The molecule has 1 aliphatic heterocycles. The van der Waals surface area contributed by atoms with Crippen molar-refractivity contribution < 1.29 is 4.42 Å². The molecular formula is C18H21N5O. The zero-order valence-electron chi connectivity index (χ0n) is 13.6. The number of benzene rings is 1. The van der Waals surface area contributed by atoms with Gasteiger partial charge in [0.15, 0.2) is 0 Å². The Labute approximate surface area is 141 Å². The third-order valence-electron chi connectivity index (χ3n) is 4.48. The average Bonchev–Trinajstić information content (AvgIpc) is 3.31. The van der Waals surface area contributed by atoms with Crippen LogP contribution in [0.4, 0.5) is 0 Å². The van der Waals surface area contributed by atoms with E-state index in [9.17, 15) is 0 Å². The van der Waals surface area contributed by atoms with Crippen LogP contribution in [-0.4, -0.2) is 50.7 Å². The van der Waals surface area contributed by atoms with Gasteiger partial charge in [-0.2, -0.15) is 5.10 Å². The van der Waals surface area contributed by atoms with Gasteiger partial charge in [-0.3, -0.25) is 9.80 Å². The molecule has 1 fully saturated rings. The van der Waals surface area contributed by atoms with Gasteiger partial charge in [-0.1, -0.05) is 18.2 Å². The van der Waals surface area contributed by atoms with E-state index in [1.807, 2.05) is 22.9 Å². The number of aromatic nitrogens is 3. The first kappa shape index (κ1) is 15.1. The fraction of sp³-hybridized carbons (Fsp3) is 0.333. The Morgan fingerprint density at radius 2 is 1.71 bits per heavy atom. The summed E-state index contributed by atoms with van der Waals surface area (Å²) in [4.78, 5) is 8.99. The van der Waals surface area contributed by atoms with Gasteiger partial charge in [0.2, 0.25) is 0 Å². The molecule has 0 bridgehead atoms. The Hall–Kier alpha value is -2.44. The summed E-state index contributed by atoms with van der Waals surface area (Å²) in [6.45, 7) is 6.08. The normalized spacial score (nSPS) is 16.5. The predicted molar refractivity (Wildman–Crippen MR) is 90.6 cm³/mol. The topological polar surface area (TPSA) is 50.3 Å². The van der Waals surface area contributed by atoms with Crippen LogP contribution in [0, 0.1) is 0 Å². The van der Waals surface area contributed by atoms with Gasteiger partial charge in [-0.05, 0) is 23.8 Å². The molecule has 2 aromatic heterocycles. The van der Waals surface area contributed by atoms with Crippen LogP contribution in [0.5, 0.6) is 0 Å². The van der Waals surface area contributed by atoms with Gasteiger partial charge in [0.05, 0.1) is 18.5 Å². The third kappa shape index (κ3) is 3.39. The van der Waals surface area contributed by atoms with E-state index in [2.05, 4.69) is 38.1 Å². The summed E-state index contributed by atoms with van der Waals surface area (Å²) < 4.78 is 7.28. The molecule has 1 aliphatic rings. The van der Waals surface area contributed by atoms with Crippen LogP contribution in [-0.2, 0) is 13.1 Å². The first-order chi connectivity index (χ1) is 11.9. The molecule has 0 saturated carbocycles. The largest absolute Gasteiger partial charge is 0.468 e. The maximum atomic E-state index is 5.44. The van der Waals surface area contributed by atoms with E-state index in [0.717, 1.165) is 50.7 Å². The number of hydrogen-bond acceptors (Lipinski definition) is 5. The van der Waals surface area contributed by atoms with E-state index in [0.29, 0.717) is 0 Å². The van der Waals surface area contributed by atoms with Crippen molar-refractivity contribution in [2.75, 3.05) is 26.2 Å². The summed E-state index contributed by atoms with van der Waals surface area (Å²) in [5, 5.41) is 4.26. The fourth-order valence-electron chi connectivity index (χ4n) is 3.17. The molecule has 0 spiro atoms. The molecule has 1 aromatic carbocycles. The van der Waals surface area contributed by atoms with Crippen molar-refractivity contribution in [3.63, 3.8) is 0 Å². The Morgan fingerprint density at radius 1 is 0.917 bits per heavy atom. The van der Waals surface area contributed by atoms with E-state index < -0.39 is 0 Å². The van der Waals surface area contributed by atoms with E-state index in [-0.39, 0.29) is 0 Å². The number of rotatable bonds is 5. The molecule has 0 radical (unpaired) electrons. The number of piperazine rings is 1. The molecule has 124 valence electrons. The molecule has 0 aliphatic carbocycles. The van der Waals surface area contributed by atoms with Crippen molar-refractivity contribution in [1.29, 1.82) is 0 Å². The van der Waals surface area contributed by atoms with Crippen LogP contribution in [0.3, 0.4) is 0 Å². The van der Waals surface area contributed by atoms with Gasteiger partial charge in [0.1, 0.15) is 18.4 Å². The molecule has 0 atom stereocenters. The highest BCUT2D eigenvalue weighted by atomic mass is 16.3. The summed E-state index contributed by atoms with van der Waals surface area (Å²) >= 11 is 0. The minimum absolute atomic E-state index is 0.899. The van der Waals surface area contributed by atoms with Gasteiger partial charge in [0, 0.05) is 32.7 Å². The SMILES string of the molecule is c1coc(CN2CCN(Cc3ccccc3-n3cncn3)CC2)c1. The number of hydrogen-bond donors (Lipinski definition) is 0. The van der Waals surface area contributed by atoms with E-state index >= 15 is 0 Å².